The van der Waals surface area contributed by atoms with Gasteiger partial charge in [-0.15, -0.1) is 0 Å². The predicted octanol–water partition coefficient (Wildman–Crippen LogP) is 2.48. The fourth-order valence-electron chi connectivity index (χ4n) is 0.781. The molecule has 0 aliphatic carbocycles. The molecule has 1 rings (SSSR count). The molecule has 1 fully saturated rings. The maximum Gasteiger partial charge on any atom is 0.417 e. The van der Waals surface area contributed by atoms with Gasteiger partial charge >= 0.3 is 12.4 Å². The Morgan fingerprint density at radius 3 is 1.25 bits per heavy atom. The summed E-state index contributed by atoms with van der Waals surface area (Å²) in [4.78, 5) is 0. The molecule has 1 heterocycles. The van der Waals surface area contributed by atoms with Crippen molar-refractivity contribution < 1.29 is 26.3 Å². The van der Waals surface area contributed by atoms with Crippen LogP contribution in [0.5, 0.6) is 0 Å². The average molecular weight is 258 g/mol. The van der Waals surface area contributed by atoms with E-state index in [-0.39, 0.29) is 3.93 Å². The number of hydrogen-bond donors (Lipinski definition) is 0. The number of hydrogen-bond acceptors (Lipinski definition) is 1. The van der Waals surface area contributed by atoms with E-state index in [9.17, 15) is 26.3 Å². The predicted molar refractivity (Wildman–Crippen MR) is 30.5 cm³/mol. The third kappa shape index (κ3) is 1.12. The highest BCUT2D eigenvalue weighted by molar-refractivity contribution is 9.07. The second-order valence-electron chi connectivity index (χ2n) is 2.38. The molecule has 72 valence electrons. The molecular weight excluding hydrogens is 256 g/mol. The molecule has 0 spiro atoms. The average Bonchev–Trinajstić information content (AvgIpc) is 2.36. The van der Waals surface area contributed by atoms with Crippen molar-refractivity contribution in [3.05, 3.63) is 0 Å². The Bertz CT molecular complexity index is 181. The molecule has 1 atom stereocenters. The van der Waals surface area contributed by atoms with Crippen molar-refractivity contribution >= 4 is 16.1 Å². The number of halogens is 7. The zero-order valence-corrected chi connectivity index (χ0v) is 6.89. The van der Waals surface area contributed by atoms with Gasteiger partial charge in [0.05, 0.1) is 0 Å². The van der Waals surface area contributed by atoms with Crippen LogP contribution in [0, 0.1) is 0 Å². The van der Waals surface area contributed by atoms with Gasteiger partial charge in [0.15, 0.2) is 0 Å². The standard InChI is InChI=1S/C4H2BrF6N/c5-12-1-2(12,3(6,7)8)4(9,10)11/h1H2. The molecule has 0 aromatic rings. The van der Waals surface area contributed by atoms with Crippen LogP contribution in [0.3, 0.4) is 0 Å². The molecule has 0 aromatic heterocycles. The Hall–Kier alpha value is 0.0200. The minimum atomic E-state index is -5.28. The first-order valence-electron chi connectivity index (χ1n) is 2.70. The van der Waals surface area contributed by atoms with E-state index in [4.69, 9.17) is 0 Å². The second-order valence-corrected chi connectivity index (χ2v) is 3.23. The maximum absolute atomic E-state index is 11.9. The highest BCUT2D eigenvalue weighted by Gasteiger charge is 2.83. The first-order chi connectivity index (χ1) is 5.13. The molecular formula is C4H2BrF6N. The lowest BCUT2D eigenvalue weighted by atomic mass is 10.1. The Morgan fingerprint density at radius 1 is 1.00 bits per heavy atom. The van der Waals surface area contributed by atoms with Gasteiger partial charge < -0.3 is 0 Å². The van der Waals surface area contributed by atoms with Gasteiger partial charge in [0.25, 0.3) is 0 Å². The Morgan fingerprint density at radius 2 is 1.25 bits per heavy atom. The van der Waals surface area contributed by atoms with Crippen molar-refractivity contribution in [3.8, 4) is 0 Å². The van der Waals surface area contributed by atoms with E-state index in [1.807, 2.05) is 0 Å². The molecule has 0 N–H and O–H groups in total. The highest BCUT2D eigenvalue weighted by atomic mass is 79.9. The van der Waals surface area contributed by atoms with E-state index >= 15 is 0 Å². The quantitative estimate of drug-likeness (QED) is 0.366. The van der Waals surface area contributed by atoms with Gasteiger partial charge in [0, 0.05) is 22.7 Å². The lowest BCUT2D eigenvalue weighted by molar-refractivity contribution is -0.271. The summed E-state index contributed by atoms with van der Waals surface area (Å²) in [5.41, 5.74) is -3.67. The summed E-state index contributed by atoms with van der Waals surface area (Å²) in [6, 6.07) is 0. The summed E-state index contributed by atoms with van der Waals surface area (Å²) < 4.78 is 71.1. The van der Waals surface area contributed by atoms with E-state index in [2.05, 4.69) is 16.1 Å². The summed E-state index contributed by atoms with van der Waals surface area (Å²) in [7, 11) is 0. The van der Waals surface area contributed by atoms with Crippen LogP contribution in [0.2, 0.25) is 0 Å². The normalized spacial score (nSPS) is 28.8. The number of rotatable bonds is 0. The van der Waals surface area contributed by atoms with Crippen LogP contribution in [0.15, 0.2) is 0 Å². The van der Waals surface area contributed by atoms with Crippen molar-refractivity contribution in [2.24, 2.45) is 0 Å². The third-order valence-corrected chi connectivity index (χ3v) is 2.47. The van der Waals surface area contributed by atoms with E-state index < -0.39 is 24.4 Å². The maximum atomic E-state index is 11.9. The minimum Gasteiger partial charge on any atom is -0.216 e. The summed E-state index contributed by atoms with van der Waals surface area (Å²) in [5.74, 6) is 0. The van der Waals surface area contributed by atoms with Crippen molar-refractivity contribution in [1.82, 2.24) is 3.93 Å². The van der Waals surface area contributed by atoms with Gasteiger partial charge in [-0.1, -0.05) is 0 Å². The van der Waals surface area contributed by atoms with Crippen LogP contribution >= 0.6 is 16.1 Å². The monoisotopic (exact) mass is 257 g/mol. The molecule has 1 saturated heterocycles. The fourth-order valence-corrected chi connectivity index (χ4v) is 1.55. The molecule has 0 saturated carbocycles. The smallest absolute Gasteiger partial charge is 0.216 e. The molecule has 1 nitrogen and oxygen atoms in total. The zero-order valence-electron chi connectivity index (χ0n) is 5.30. The summed E-state index contributed by atoms with van der Waals surface area (Å²) in [5, 5.41) is 0. The number of alkyl halides is 6. The van der Waals surface area contributed by atoms with Crippen LogP contribution < -0.4 is 0 Å². The SMILES string of the molecule is FC(F)(F)C1(C(F)(F)F)CN1Br. The number of nitrogens with zero attached hydrogens (tertiary/aromatic N) is 1. The van der Waals surface area contributed by atoms with Gasteiger partial charge in [-0.05, 0) is 0 Å². The van der Waals surface area contributed by atoms with Crippen LogP contribution in [-0.2, 0) is 0 Å². The first-order valence-corrected chi connectivity index (χ1v) is 3.41. The van der Waals surface area contributed by atoms with E-state index in [1.165, 1.54) is 0 Å². The molecule has 1 aliphatic heterocycles. The Labute approximate surface area is 71.7 Å². The molecule has 0 amide bonds. The summed E-state index contributed by atoms with van der Waals surface area (Å²) >= 11 is 2.17. The topological polar surface area (TPSA) is 3.01 Å². The molecule has 12 heavy (non-hydrogen) atoms. The van der Waals surface area contributed by atoms with Crippen molar-refractivity contribution in [3.63, 3.8) is 0 Å². The zero-order chi connectivity index (χ0) is 9.78. The first kappa shape index (κ1) is 10.1. The van der Waals surface area contributed by atoms with Crippen molar-refractivity contribution in [1.29, 1.82) is 0 Å². The lowest BCUT2D eigenvalue weighted by Gasteiger charge is -2.21. The Kier molecular flexibility index (Phi) is 1.92. The highest BCUT2D eigenvalue weighted by Crippen LogP contribution is 2.57. The van der Waals surface area contributed by atoms with Crippen molar-refractivity contribution in [2.75, 3.05) is 6.54 Å². The van der Waals surface area contributed by atoms with Gasteiger partial charge in [0.1, 0.15) is 0 Å². The van der Waals surface area contributed by atoms with E-state index in [0.717, 1.165) is 0 Å². The van der Waals surface area contributed by atoms with Crippen molar-refractivity contribution in [2.45, 2.75) is 17.9 Å². The van der Waals surface area contributed by atoms with Crippen LogP contribution in [-0.4, -0.2) is 28.4 Å². The largest absolute Gasteiger partial charge is 0.417 e. The molecule has 0 aromatic carbocycles. The van der Waals surface area contributed by atoms with Gasteiger partial charge in [-0.3, -0.25) is 0 Å². The van der Waals surface area contributed by atoms with Crippen LogP contribution in [0.4, 0.5) is 26.3 Å². The van der Waals surface area contributed by atoms with E-state index in [0.29, 0.717) is 0 Å². The van der Waals surface area contributed by atoms with Gasteiger partial charge in [-0.25, -0.2) is 3.93 Å². The molecule has 0 radical (unpaired) electrons. The molecule has 1 aliphatic rings. The summed E-state index contributed by atoms with van der Waals surface area (Å²) in [6.07, 6.45) is -10.6. The molecule has 0 bridgehead atoms. The second kappa shape index (κ2) is 2.28. The Balaban J connectivity index is 2.96. The van der Waals surface area contributed by atoms with E-state index in [1.54, 1.807) is 0 Å². The van der Waals surface area contributed by atoms with Gasteiger partial charge in [0.2, 0.25) is 5.54 Å². The van der Waals surface area contributed by atoms with Crippen LogP contribution in [0.1, 0.15) is 0 Å². The molecule has 1 unspecified atom stereocenters. The third-order valence-electron chi connectivity index (χ3n) is 1.62. The fraction of sp³-hybridized carbons (Fsp3) is 1.00. The van der Waals surface area contributed by atoms with Gasteiger partial charge in [-0.2, -0.15) is 26.3 Å². The minimum absolute atomic E-state index is 0.0417. The lowest BCUT2D eigenvalue weighted by Crippen LogP contribution is -2.48. The molecule has 8 heteroatoms. The van der Waals surface area contributed by atoms with Crippen LogP contribution in [0.25, 0.3) is 0 Å². The summed E-state index contributed by atoms with van der Waals surface area (Å²) in [6.45, 7) is -1.08.